The van der Waals surface area contributed by atoms with E-state index < -0.39 is 16.5 Å². The van der Waals surface area contributed by atoms with Gasteiger partial charge in [-0.1, -0.05) is 32.6 Å². The molecule has 1 aliphatic rings. The van der Waals surface area contributed by atoms with Crippen LogP contribution in [0.2, 0.25) is 0 Å². The van der Waals surface area contributed by atoms with Gasteiger partial charge in [-0.2, -0.15) is 0 Å². The molecule has 0 heterocycles. The molecule has 1 rings (SSSR count). The van der Waals surface area contributed by atoms with E-state index in [-0.39, 0.29) is 17.4 Å². The van der Waals surface area contributed by atoms with Crippen LogP contribution in [0.4, 0.5) is 0 Å². The Labute approximate surface area is 103 Å². The summed E-state index contributed by atoms with van der Waals surface area (Å²) < 4.78 is 0. The topological polar surface area (TPSA) is 47.6 Å². The maximum absolute atomic E-state index is 7.83. The van der Waals surface area contributed by atoms with E-state index in [0.717, 1.165) is 6.42 Å². The summed E-state index contributed by atoms with van der Waals surface area (Å²) in [6.07, 6.45) is 1.12. The zero-order valence-corrected chi connectivity index (χ0v) is 12.5. The fourth-order valence-electron chi connectivity index (χ4n) is 2.39. The fraction of sp³-hybridized carbons (Fsp3) is 1.00. The SMILES string of the molecule is CC1CC(C)(C)C(C[NH-])C1[NH-].[Cl][Pt+2][Cl]. The van der Waals surface area contributed by atoms with Crippen molar-refractivity contribution in [3.63, 3.8) is 0 Å². The van der Waals surface area contributed by atoms with Crippen molar-refractivity contribution in [1.82, 2.24) is 0 Å². The number of nitrogens with one attached hydrogen (secondary N) is 2. The van der Waals surface area contributed by atoms with Crippen molar-refractivity contribution >= 4 is 18.8 Å². The first kappa shape index (κ1) is 15.2. The van der Waals surface area contributed by atoms with Crippen LogP contribution in [0.1, 0.15) is 27.2 Å². The molecule has 2 nitrogen and oxygen atoms in total. The molecule has 3 unspecified atom stereocenters. The summed E-state index contributed by atoms with van der Waals surface area (Å²) in [7, 11) is 9.75. The molecule has 0 amide bonds. The van der Waals surface area contributed by atoms with Crippen LogP contribution in [0.25, 0.3) is 11.5 Å². The van der Waals surface area contributed by atoms with Gasteiger partial charge in [-0.3, -0.25) is 0 Å². The van der Waals surface area contributed by atoms with Crippen molar-refractivity contribution in [2.45, 2.75) is 33.2 Å². The van der Waals surface area contributed by atoms with E-state index in [1.165, 1.54) is 0 Å². The summed E-state index contributed by atoms with van der Waals surface area (Å²) in [6.45, 7) is 6.94. The third kappa shape index (κ3) is 3.98. The maximum atomic E-state index is 7.83. The molecule has 0 spiro atoms. The van der Waals surface area contributed by atoms with Crippen LogP contribution in [0, 0.1) is 17.3 Å². The van der Waals surface area contributed by atoms with Crippen molar-refractivity contribution in [3.05, 3.63) is 11.5 Å². The van der Waals surface area contributed by atoms with Crippen LogP contribution in [-0.2, 0) is 16.5 Å². The van der Waals surface area contributed by atoms with Gasteiger partial charge in [0.05, 0.1) is 0 Å². The van der Waals surface area contributed by atoms with Crippen LogP contribution in [0.15, 0.2) is 0 Å². The zero-order valence-electron chi connectivity index (χ0n) is 8.72. The van der Waals surface area contributed by atoms with Gasteiger partial charge in [0.2, 0.25) is 0 Å². The van der Waals surface area contributed by atoms with Crippen LogP contribution in [-0.4, -0.2) is 12.6 Å². The Kier molecular flexibility index (Phi) is 7.27. The summed E-state index contributed by atoms with van der Waals surface area (Å²) in [5.74, 6) is 0.776. The Balaban J connectivity index is 0.000000500. The summed E-state index contributed by atoms with van der Waals surface area (Å²) in [5.41, 5.74) is 15.4. The van der Waals surface area contributed by atoms with Gasteiger partial charge in [0, 0.05) is 0 Å². The molecule has 5 heteroatoms. The molecule has 1 fully saturated rings. The second kappa shape index (κ2) is 6.70. The van der Waals surface area contributed by atoms with E-state index in [4.69, 9.17) is 30.3 Å². The molecule has 0 aromatic rings. The average Bonchev–Trinajstić information content (AvgIpc) is 2.23. The molecule has 2 N–H and O–H groups in total. The monoisotopic (exact) mass is 419 g/mol. The van der Waals surface area contributed by atoms with Crippen LogP contribution >= 0.6 is 18.8 Å². The first-order chi connectivity index (χ1) is 6.40. The molecule has 14 heavy (non-hydrogen) atoms. The van der Waals surface area contributed by atoms with Gasteiger partial charge in [0.15, 0.2) is 0 Å². The molecule has 0 radical (unpaired) electrons. The second-order valence-corrected chi connectivity index (χ2v) is 7.83. The van der Waals surface area contributed by atoms with Crippen molar-refractivity contribution < 1.29 is 16.5 Å². The molecule has 88 valence electrons. The summed E-state index contributed by atoms with van der Waals surface area (Å²) in [5, 5.41) is 0. The van der Waals surface area contributed by atoms with Gasteiger partial charge < -0.3 is 11.5 Å². The van der Waals surface area contributed by atoms with E-state index in [1.54, 1.807) is 0 Å². The Morgan fingerprint density at radius 1 is 1.43 bits per heavy atom. The van der Waals surface area contributed by atoms with E-state index in [2.05, 4.69) is 20.8 Å². The Bertz CT molecular complexity index is 167. The van der Waals surface area contributed by atoms with Gasteiger partial charge in [-0.05, 0) is 11.8 Å². The zero-order chi connectivity index (χ0) is 11.4. The number of hydrogen-bond acceptors (Lipinski definition) is 0. The third-order valence-electron chi connectivity index (χ3n) is 3.12. The third-order valence-corrected chi connectivity index (χ3v) is 3.12. The molecule has 0 aliphatic heterocycles. The van der Waals surface area contributed by atoms with Gasteiger partial charge in [-0.15, -0.1) is 12.6 Å². The average molecular weight is 420 g/mol. The Morgan fingerprint density at radius 3 is 2.00 bits per heavy atom. The fourth-order valence-corrected chi connectivity index (χ4v) is 2.39. The number of halogens is 2. The van der Waals surface area contributed by atoms with Crippen molar-refractivity contribution in [2.75, 3.05) is 6.54 Å². The molecule has 3 atom stereocenters. The molecule has 0 aromatic heterocycles. The molecular formula is C9H18Cl2N2Pt. The van der Waals surface area contributed by atoms with Crippen LogP contribution in [0.3, 0.4) is 0 Å². The quantitative estimate of drug-likeness (QED) is 0.599. The van der Waals surface area contributed by atoms with Crippen molar-refractivity contribution in [3.8, 4) is 0 Å². The summed E-state index contributed by atoms with van der Waals surface area (Å²) >= 11 is -0.472. The van der Waals surface area contributed by atoms with Gasteiger partial charge in [-0.25, -0.2) is 0 Å². The minimum atomic E-state index is -0.472. The molecule has 0 aromatic carbocycles. The summed E-state index contributed by atoms with van der Waals surface area (Å²) in [4.78, 5) is 0. The summed E-state index contributed by atoms with van der Waals surface area (Å²) in [6, 6.07) is 0.00231. The van der Waals surface area contributed by atoms with E-state index >= 15 is 0 Å². The van der Waals surface area contributed by atoms with E-state index in [9.17, 15) is 0 Å². The molecule has 1 saturated carbocycles. The van der Waals surface area contributed by atoms with Gasteiger partial charge >= 0.3 is 35.3 Å². The Morgan fingerprint density at radius 2 is 1.86 bits per heavy atom. The van der Waals surface area contributed by atoms with Crippen LogP contribution in [0.5, 0.6) is 0 Å². The molecule has 0 bridgehead atoms. The predicted molar refractivity (Wildman–Crippen MR) is 60.1 cm³/mol. The molecule has 0 saturated heterocycles. The predicted octanol–water partition coefficient (Wildman–Crippen LogP) is 4.52. The Hall–Kier alpha value is 1.19. The first-order valence-corrected chi connectivity index (χ1v) is 10.2. The minimum absolute atomic E-state index is 0.00231. The van der Waals surface area contributed by atoms with E-state index in [0.29, 0.717) is 12.5 Å². The van der Waals surface area contributed by atoms with Crippen molar-refractivity contribution in [2.24, 2.45) is 17.3 Å². The standard InChI is InChI=1S/C9H18N2.2ClH.Pt/c1-6-4-9(2,3)7(5-10)8(6)11;;;/h6-8,10-11H,4-5H2,1-3H3;2*1H;/q-2;;;+4/p-2. The molecule has 1 aliphatic carbocycles. The number of rotatable bonds is 1. The van der Waals surface area contributed by atoms with Crippen molar-refractivity contribution in [1.29, 1.82) is 0 Å². The second-order valence-electron chi connectivity index (χ2n) is 4.55. The van der Waals surface area contributed by atoms with Gasteiger partial charge in [0.25, 0.3) is 0 Å². The van der Waals surface area contributed by atoms with E-state index in [1.807, 2.05) is 0 Å². The molecular weight excluding hydrogens is 402 g/mol. The number of hydrogen-bond donors (Lipinski definition) is 0. The van der Waals surface area contributed by atoms with Crippen LogP contribution < -0.4 is 0 Å². The normalized spacial score (nSPS) is 35.2. The van der Waals surface area contributed by atoms with Gasteiger partial charge in [0.1, 0.15) is 0 Å². The first-order valence-electron chi connectivity index (χ1n) is 4.58.